The highest BCUT2D eigenvalue weighted by Crippen LogP contribution is 2.53. The number of hydrogen-bond acceptors (Lipinski definition) is 4. The van der Waals surface area contributed by atoms with Gasteiger partial charge in [-0.3, -0.25) is 9.59 Å². The van der Waals surface area contributed by atoms with E-state index in [4.69, 9.17) is 11.6 Å². The maximum atomic E-state index is 14.2. The van der Waals surface area contributed by atoms with Gasteiger partial charge in [0.25, 0.3) is 11.1 Å². The Morgan fingerprint density at radius 1 is 1.21 bits per heavy atom. The summed E-state index contributed by atoms with van der Waals surface area (Å²) in [6.45, 7) is 5.19. The van der Waals surface area contributed by atoms with Gasteiger partial charge >= 0.3 is 0 Å². The second kappa shape index (κ2) is 8.61. The first kappa shape index (κ1) is 23.2. The zero-order valence-electron chi connectivity index (χ0n) is 19.9. The summed E-state index contributed by atoms with van der Waals surface area (Å²) < 4.78 is 16.8. The SMILES string of the molecule is C[C@@H](Cc1cc(=O)n(C)cc1F)CN1CC2(CC(Cc3ccc(Cl)c4c(=O)n(C)ncc34)C2)C1. The zero-order chi connectivity index (χ0) is 24.2. The Bertz CT molecular complexity index is 1370. The highest BCUT2D eigenvalue weighted by atomic mass is 35.5. The molecule has 2 aliphatic rings. The van der Waals surface area contributed by atoms with Gasteiger partial charge in [0.1, 0.15) is 5.82 Å². The van der Waals surface area contributed by atoms with Crippen LogP contribution in [0.3, 0.4) is 0 Å². The van der Waals surface area contributed by atoms with Crippen molar-refractivity contribution in [3.8, 4) is 0 Å². The molecule has 0 radical (unpaired) electrons. The Hall–Kier alpha value is -2.51. The number of nitrogens with zero attached hydrogens (tertiary/aromatic N) is 4. The Balaban J connectivity index is 1.15. The van der Waals surface area contributed by atoms with Gasteiger partial charge in [-0.05, 0) is 60.1 Å². The first-order valence-electron chi connectivity index (χ1n) is 11.8. The molecule has 6 nitrogen and oxygen atoms in total. The zero-order valence-corrected chi connectivity index (χ0v) is 20.6. The molecule has 2 fully saturated rings. The van der Waals surface area contributed by atoms with E-state index in [1.807, 2.05) is 12.1 Å². The third-order valence-corrected chi connectivity index (χ3v) is 7.94. The van der Waals surface area contributed by atoms with Crippen molar-refractivity contribution in [3.05, 3.63) is 73.3 Å². The number of halogens is 2. The van der Waals surface area contributed by atoms with Crippen molar-refractivity contribution < 1.29 is 4.39 Å². The fourth-order valence-electron chi connectivity index (χ4n) is 6.12. The van der Waals surface area contributed by atoms with Gasteiger partial charge in [-0.1, -0.05) is 24.6 Å². The first-order chi connectivity index (χ1) is 16.1. The van der Waals surface area contributed by atoms with E-state index >= 15 is 0 Å². The van der Waals surface area contributed by atoms with Gasteiger partial charge in [-0.2, -0.15) is 5.10 Å². The highest BCUT2D eigenvalue weighted by Gasteiger charge is 2.51. The van der Waals surface area contributed by atoms with E-state index < -0.39 is 0 Å². The minimum atomic E-state index is -0.307. The number of benzene rings is 1. The number of rotatable bonds is 6. The van der Waals surface area contributed by atoms with Gasteiger partial charge in [0.2, 0.25) is 0 Å². The van der Waals surface area contributed by atoms with Crippen LogP contribution >= 0.6 is 11.6 Å². The lowest BCUT2D eigenvalue weighted by atomic mass is 9.56. The fraction of sp³-hybridized carbons (Fsp3) is 0.500. The topological polar surface area (TPSA) is 60.1 Å². The Morgan fingerprint density at radius 3 is 2.68 bits per heavy atom. The Kier molecular flexibility index (Phi) is 5.89. The fourth-order valence-corrected chi connectivity index (χ4v) is 6.37. The average molecular weight is 485 g/mol. The molecule has 0 N–H and O–H groups in total. The molecule has 3 aromatic rings. The lowest BCUT2D eigenvalue weighted by molar-refractivity contribution is -0.0980. The number of aromatic nitrogens is 3. The molecule has 2 aromatic heterocycles. The van der Waals surface area contributed by atoms with E-state index in [2.05, 4.69) is 16.9 Å². The lowest BCUT2D eigenvalue weighted by Gasteiger charge is -2.60. The molecule has 0 bridgehead atoms. The highest BCUT2D eigenvalue weighted by molar-refractivity contribution is 6.35. The van der Waals surface area contributed by atoms with Crippen molar-refractivity contribution in [1.29, 1.82) is 0 Å². The standard InChI is InChI=1S/C26H30ClFN4O2/c1-16(6-19-8-23(33)30(2)13-22(19)28)12-32-14-26(15-32)9-17(10-26)7-18-4-5-21(27)24-20(18)11-29-31(3)25(24)34/h4-5,8,11,13,16-17H,6-7,9-10,12,14-15H2,1-3H3/t16-/m0/s1. The van der Waals surface area contributed by atoms with E-state index in [0.717, 1.165) is 37.0 Å². The van der Waals surface area contributed by atoms with Gasteiger partial charge in [0.15, 0.2) is 0 Å². The molecule has 34 heavy (non-hydrogen) atoms. The van der Waals surface area contributed by atoms with Crippen LogP contribution in [-0.4, -0.2) is 38.9 Å². The van der Waals surface area contributed by atoms with E-state index in [0.29, 0.717) is 33.7 Å². The van der Waals surface area contributed by atoms with Crippen LogP contribution in [0.1, 0.15) is 30.9 Å². The van der Waals surface area contributed by atoms with Crippen LogP contribution in [0.5, 0.6) is 0 Å². The maximum absolute atomic E-state index is 14.2. The molecular formula is C26H30ClFN4O2. The van der Waals surface area contributed by atoms with Gasteiger partial charge < -0.3 is 9.47 Å². The summed E-state index contributed by atoms with van der Waals surface area (Å²) in [7, 11) is 3.21. The molecular weight excluding hydrogens is 455 g/mol. The predicted molar refractivity (Wildman–Crippen MR) is 132 cm³/mol. The van der Waals surface area contributed by atoms with Crippen molar-refractivity contribution in [2.45, 2.75) is 32.6 Å². The van der Waals surface area contributed by atoms with Crippen molar-refractivity contribution in [3.63, 3.8) is 0 Å². The van der Waals surface area contributed by atoms with Crippen LogP contribution in [-0.2, 0) is 26.9 Å². The molecule has 1 saturated carbocycles. The molecule has 0 amide bonds. The largest absolute Gasteiger partial charge is 0.316 e. The predicted octanol–water partition coefficient (Wildman–Crippen LogP) is 3.56. The number of pyridine rings is 1. The van der Waals surface area contributed by atoms with Crippen molar-refractivity contribution in [2.75, 3.05) is 19.6 Å². The Labute approximate surface area is 203 Å². The van der Waals surface area contributed by atoms with E-state index in [1.54, 1.807) is 20.3 Å². The molecule has 8 heteroatoms. The summed E-state index contributed by atoms with van der Waals surface area (Å²) in [4.78, 5) is 26.8. The average Bonchev–Trinajstić information content (AvgIpc) is 2.72. The second-order valence-corrected chi connectivity index (χ2v) is 11.0. The quantitative estimate of drug-likeness (QED) is 0.537. The van der Waals surface area contributed by atoms with Gasteiger partial charge in [0, 0.05) is 51.4 Å². The lowest BCUT2D eigenvalue weighted by Crippen LogP contribution is -2.63. The molecule has 1 aliphatic carbocycles. The van der Waals surface area contributed by atoms with Crippen LogP contribution in [0.25, 0.3) is 10.8 Å². The second-order valence-electron chi connectivity index (χ2n) is 10.6. The van der Waals surface area contributed by atoms with E-state index in [1.165, 1.54) is 34.4 Å². The van der Waals surface area contributed by atoms with Gasteiger partial charge in [0.05, 0.1) is 16.6 Å². The Morgan fingerprint density at radius 2 is 1.94 bits per heavy atom. The number of hydrogen-bond donors (Lipinski definition) is 0. The molecule has 0 unspecified atom stereocenters. The third-order valence-electron chi connectivity index (χ3n) is 7.62. The minimum Gasteiger partial charge on any atom is -0.316 e. The smallest absolute Gasteiger partial charge is 0.275 e. The molecule has 1 spiro atoms. The number of aryl methyl sites for hydroxylation is 2. The summed E-state index contributed by atoms with van der Waals surface area (Å²) in [5.41, 5.74) is 1.72. The first-order valence-corrected chi connectivity index (χ1v) is 12.2. The maximum Gasteiger partial charge on any atom is 0.275 e. The molecule has 1 aromatic carbocycles. The third kappa shape index (κ3) is 4.20. The van der Waals surface area contributed by atoms with Crippen molar-refractivity contribution in [2.24, 2.45) is 31.3 Å². The van der Waals surface area contributed by atoms with E-state index in [9.17, 15) is 14.0 Å². The summed E-state index contributed by atoms with van der Waals surface area (Å²) in [5, 5.41) is 6.09. The summed E-state index contributed by atoms with van der Waals surface area (Å²) in [6, 6.07) is 5.28. The van der Waals surface area contributed by atoms with Crippen molar-refractivity contribution >= 4 is 22.4 Å². The monoisotopic (exact) mass is 484 g/mol. The summed E-state index contributed by atoms with van der Waals surface area (Å²) in [6.07, 6.45) is 6.90. The number of likely N-dealkylation sites (tertiary alicyclic amines) is 1. The van der Waals surface area contributed by atoms with Crippen LogP contribution in [0.4, 0.5) is 4.39 Å². The molecule has 3 heterocycles. The minimum absolute atomic E-state index is 0.158. The van der Waals surface area contributed by atoms with Crippen LogP contribution in [0.2, 0.25) is 5.02 Å². The van der Waals surface area contributed by atoms with Crippen LogP contribution in [0, 0.1) is 23.1 Å². The molecule has 5 rings (SSSR count). The number of fused-ring (bicyclic) bond motifs is 1. The van der Waals surface area contributed by atoms with Crippen LogP contribution in [0.15, 0.2) is 40.2 Å². The molecule has 1 aliphatic heterocycles. The normalized spacial score (nSPS) is 18.7. The summed E-state index contributed by atoms with van der Waals surface area (Å²) in [5.74, 6) is 0.576. The van der Waals surface area contributed by atoms with Crippen molar-refractivity contribution in [1.82, 2.24) is 19.2 Å². The van der Waals surface area contributed by atoms with Gasteiger partial charge in [-0.25, -0.2) is 9.07 Å². The van der Waals surface area contributed by atoms with Gasteiger partial charge in [-0.15, -0.1) is 0 Å². The van der Waals surface area contributed by atoms with Crippen LogP contribution < -0.4 is 11.1 Å². The van der Waals surface area contributed by atoms with E-state index in [-0.39, 0.29) is 22.9 Å². The molecule has 1 atom stereocenters. The molecule has 1 saturated heterocycles. The summed E-state index contributed by atoms with van der Waals surface area (Å²) >= 11 is 6.32. The molecule has 180 valence electrons.